The number of carbonyl (C=O) groups excluding carboxylic acids is 2. The summed E-state index contributed by atoms with van der Waals surface area (Å²) >= 11 is 0.283. The van der Waals surface area contributed by atoms with Gasteiger partial charge in [0.15, 0.2) is 16.6 Å². The van der Waals surface area contributed by atoms with Crippen LogP contribution in [0.15, 0.2) is 18.2 Å². The average molecular weight is 433 g/mol. The highest BCUT2D eigenvalue weighted by atomic mass is 32.1. The van der Waals surface area contributed by atoms with E-state index in [0.29, 0.717) is 0 Å². The van der Waals surface area contributed by atoms with Crippen molar-refractivity contribution >= 4 is 34.0 Å². The number of thiazole rings is 1. The molecular formula is C16H14F3N3O6S. The van der Waals surface area contributed by atoms with E-state index in [1.807, 2.05) is 0 Å². The molecule has 1 N–H and O–H groups in total. The molecule has 1 aromatic heterocycles. The van der Waals surface area contributed by atoms with Gasteiger partial charge in [-0.1, -0.05) is 11.3 Å². The first-order valence-corrected chi connectivity index (χ1v) is 8.87. The summed E-state index contributed by atoms with van der Waals surface area (Å²) in [5.41, 5.74) is -2.18. The third-order valence-corrected chi connectivity index (χ3v) is 4.25. The highest BCUT2D eigenvalue weighted by Crippen LogP contribution is 2.37. The van der Waals surface area contributed by atoms with Gasteiger partial charge >= 0.3 is 17.8 Å². The van der Waals surface area contributed by atoms with E-state index in [0.717, 1.165) is 6.07 Å². The second-order valence-corrected chi connectivity index (χ2v) is 6.24. The van der Waals surface area contributed by atoms with E-state index in [2.05, 4.69) is 15.0 Å². The van der Waals surface area contributed by atoms with E-state index in [9.17, 15) is 32.9 Å². The van der Waals surface area contributed by atoms with Crippen molar-refractivity contribution in [2.45, 2.75) is 20.0 Å². The normalized spacial score (nSPS) is 11.1. The lowest BCUT2D eigenvalue weighted by Crippen LogP contribution is -2.14. The molecule has 0 aliphatic rings. The van der Waals surface area contributed by atoms with Gasteiger partial charge in [0.25, 0.3) is 5.91 Å². The fourth-order valence-electron chi connectivity index (χ4n) is 2.15. The van der Waals surface area contributed by atoms with Gasteiger partial charge in [0, 0.05) is 11.6 Å². The zero-order valence-corrected chi connectivity index (χ0v) is 15.8. The summed E-state index contributed by atoms with van der Waals surface area (Å²) in [6.07, 6.45) is -4.94. The molecule has 0 bridgehead atoms. The molecule has 0 aliphatic heterocycles. The molecule has 0 radical (unpaired) electrons. The lowest BCUT2D eigenvalue weighted by atomic mass is 10.1. The highest BCUT2D eigenvalue weighted by molar-refractivity contribution is 7.17. The molecule has 1 amide bonds. The summed E-state index contributed by atoms with van der Waals surface area (Å²) < 4.78 is 49.0. The van der Waals surface area contributed by atoms with Gasteiger partial charge in [0.1, 0.15) is 4.88 Å². The zero-order chi connectivity index (χ0) is 21.8. The topological polar surface area (TPSA) is 121 Å². The number of nitro groups is 1. The number of nitro benzene ring substituents is 1. The van der Waals surface area contributed by atoms with E-state index >= 15 is 0 Å². The number of hydrogen-bond acceptors (Lipinski definition) is 8. The van der Waals surface area contributed by atoms with E-state index in [1.165, 1.54) is 19.1 Å². The lowest BCUT2D eigenvalue weighted by Gasteiger charge is -2.06. The fourth-order valence-corrected chi connectivity index (χ4v) is 3.02. The molecule has 2 rings (SSSR count). The summed E-state index contributed by atoms with van der Waals surface area (Å²) in [6.45, 7) is 3.05. The van der Waals surface area contributed by atoms with Crippen LogP contribution in [0, 0.1) is 10.1 Å². The number of hydrogen-bond donors (Lipinski definition) is 1. The van der Waals surface area contributed by atoms with Gasteiger partial charge in [-0.05, 0) is 26.0 Å². The van der Waals surface area contributed by atoms with Crippen LogP contribution in [0.2, 0.25) is 0 Å². The standard InChI is InChI=1S/C16H14F3N3O6S/c1-3-27-10-6-5-8(7-9(10)22(25)26)13(23)21-15-20-12(16(17,18)19)11(29-15)14(24)28-4-2/h5-7H,3-4H2,1-2H3,(H,20,21,23). The predicted molar refractivity (Wildman–Crippen MR) is 95.3 cm³/mol. The van der Waals surface area contributed by atoms with Crippen molar-refractivity contribution < 1.29 is 37.2 Å². The number of nitrogens with zero attached hydrogens (tertiary/aromatic N) is 2. The molecule has 2 aromatic rings. The summed E-state index contributed by atoms with van der Waals surface area (Å²) in [7, 11) is 0. The number of ether oxygens (including phenoxy) is 2. The Morgan fingerprint density at radius 3 is 2.52 bits per heavy atom. The van der Waals surface area contributed by atoms with Crippen LogP contribution in [-0.4, -0.2) is 35.0 Å². The number of anilines is 1. The number of carbonyl (C=O) groups is 2. The number of benzene rings is 1. The minimum Gasteiger partial charge on any atom is -0.487 e. The van der Waals surface area contributed by atoms with Crippen molar-refractivity contribution in [1.82, 2.24) is 4.98 Å². The Kier molecular flexibility index (Phi) is 6.74. The monoisotopic (exact) mass is 433 g/mol. The van der Waals surface area contributed by atoms with Crippen LogP contribution in [-0.2, 0) is 10.9 Å². The first-order valence-electron chi connectivity index (χ1n) is 8.06. The number of aromatic nitrogens is 1. The third kappa shape index (κ3) is 5.19. The van der Waals surface area contributed by atoms with E-state index in [-0.39, 0.29) is 35.9 Å². The predicted octanol–water partition coefficient (Wildman–Crippen LogP) is 3.90. The highest BCUT2D eigenvalue weighted by Gasteiger charge is 2.40. The molecule has 13 heteroatoms. The van der Waals surface area contributed by atoms with Crippen LogP contribution in [0.4, 0.5) is 24.0 Å². The smallest absolute Gasteiger partial charge is 0.435 e. The Morgan fingerprint density at radius 1 is 1.28 bits per heavy atom. The average Bonchev–Trinajstić information content (AvgIpc) is 3.06. The van der Waals surface area contributed by atoms with Gasteiger partial charge < -0.3 is 9.47 Å². The minimum absolute atomic E-state index is 0.0627. The van der Waals surface area contributed by atoms with Crippen LogP contribution in [0.25, 0.3) is 0 Å². The first-order chi connectivity index (χ1) is 13.6. The van der Waals surface area contributed by atoms with E-state index < -0.39 is 44.4 Å². The molecule has 0 aliphatic carbocycles. The Morgan fingerprint density at radius 2 is 1.97 bits per heavy atom. The van der Waals surface area contributed by atoms with Crippen LogP contribution in [0.1, 0.15) is 39.6 Å². The van der Waals surface area contributed by atoms with Gasteiger partial charge in [0.2, 0.25) is 0 Å². The Labute approximate surface area is 165 Å². The van der Waals surface area contributed by atoms with Crippen molar-refractivity contribution in [3.8, 4) is 5.75 Å². The Hall–Kier alpha value is -3.22. The van der Waals surface area contributed by atoms with Crippen LogP contribution >= 0.6 is 11.3 Å². The SMILES string of the molecule is CCOC(=O)c1sc(NC(=O)c2ccc(OCC)c([N+](=O)[O-])c2)nc1C(F)(F)F. The van der Waals surface area contributed by atoms with E-state index in [1.54, 1.807) is 6.92 Å². The van der Waals surface area contributed by atoms with Gasteiger partial charge in [0.05, 0.1) is 18.1 Å². The maximum absolute atomic E-state index is 13.1. The number of halogens is 3. The summed E-state index contributed by atoms with van der Waals surface area (Å²) in [6, 6.07) is 3.33. The lowest BCUT2D eigenvalue weighted by molar-refractivity contribution is -0.385. The summed E-state index contributed by atoms with van der Waals surface area (Å²) in [5.74, 6) is -2.24. The molecule has 0 saturated carbocycles. The molecule has 0 atom stereocenters. The third-order valence-electron chi connectivity index (χ3n) is 3.29. The molecule has 1 heterocycles. The molecule has 0 fully saturated rings. The number of nitrogens with one attached hydrogen (secondary N) is 1. The molecule has 0 unspecified atom stereocenters. The first kappa shape index (κ1) is 22.1. The van der Waals surface area contributed by atoms with E-state index in [4.69, 9.17) is 4.74 Å². The summed E-state index contributed by atoms with van der Waals surface area (Å²) in [5, 5.41) is 12.7. The Bertz CT molecular complexity index is 944. The van der Waals surface area contributed by atoms with Crippen molar-refractivity contribution in [2.75, 3.05) is 18.5 Å². The molecule has 1 aromatic carbocycles. The van der Waals surface area contributed by atoms with Crippen molar-refractivity contribution in [1.29, 1.82) is 0 Å². The van der Waals surface area contributed by atoms with Gasteiger partial charge in [-0.25, -0.2) is 9.78 Å². The fraction of sp³-hybridized carbons (Fsp3) is 0.312. The van der Waals surface area contributed by atoms with Crippen LogP contribution < -0.4 is 10.1 Å². The maximum Gasteiger partial charge on any atom is 0.435 e. The molecule has 0 saturated heterocycles. The van der Waals surface area contributed by atoms with Crippen molar-refractivity contribution in [2.24, 2.45) is 0 Å². The van der Waals surface area contributed by atoms with Gasteiger partial charge in [-0.15, -0.1) is 0 Å². The van der Waals surface area contributed by atoms with Crippen LogP contribution in [0.3, 0.4) is 0 Å². The second kappa shape index (κ2) is 8.86. The number of esters is 1. The van der Waals surface area contributed by atoms with Crippen molar-refractivity contribution in [3.05, 3.63) is 44.4 Å². The molecule has 29 heavy (non-hydrogen) atoms. The molecule has 9 nitrogen and oxygen atoms in total. The van der Waals surface area contributed by atoms with Gasteiger partial charge in [-0.3, -0.25) is 20.2 Å². The molecular weight excluding hydrogens is 419 g/mol. The zero-order valence-electron chi connectivity index (χ0n) is 15.0. The number of rotatable bonds is 7. The van der Waals surface area contributed by atoms with Crippen molar-refractivity contribution in [3.63, 3.8) is 0 Å². The molecule has 156 valence electrons. The largest absolute Gasteiger partial charge is 0.487 e. The second-order valence-electron chi connectivity index (χ2n) is 5.24. The van der Waals surface area contributed by atoms with Crippen LogP contribution in [0.5, 0.6) is 5.75 Å². The molecule has 0 spiro atoms. The minimum atomic E-state index is -4.94. The number of amides is 1. The number of alkyl halides is 3. The Balaban J connectivity index is 2.34. The maximum atomic E-state index is 13.1. The van der Waals surface area contributed by atoms with Gasteiger partial charge in [-0.2, -0.15) is 13.2 Å². The quantitative estimate of drug-likeness (QED) is 0.399. The summed E-state index contributed by atoms with van der Waals surface area (Å²) in [4.78, 5) is 36.9.